The van der Waals surface area contributed by atoms with Crippen LogP contribution in [-0.4, -0.2) is 44.1 Å². The minimum atomic E-state index is -3.68. The third-order valence-electron chi connectivity index (χ3n) is 4.55. The van der Waals surface area contributed by atoms with Crippen molar-refractivity contribution in [2.75, 3.05) is 24.5 Å². The maximum atomic E-state index is 12.4. The Kier molecular flexibility index (Phi) is 7.64. The second kappa shape index (κ2) is 10.4. The predicted octanol–water partition coefficient (Wildman–Crippen LogP) is 3.34. The summed E-state index contributed by atoms with van der Waals surface area (Å²) in [6.45, 7) is 4.12. The molecule has 3 aromatic rings. The summed E-state index contributed by atoms with van der Waals surface area (Å²) in [4.78, 5) is 18.4. The van der Waals surface area contributed by atoms with E-state index in [2.05, 4.69) is 27.3 Å². The smallest absolute Gasteiger partial charge is 0.315 e. The van der Waals surface area contributed by atoms with Gasteiger partial charge in [-0.3, -0.25) is 4.79 Å². The number of amides is 1. The van der Waals surface area contributed by atoms with Gasteiger partial charge >= 0.3 is 11.8 Å². The number of hydrogen-bond acceptors (Lipinski definition) is 7. The Bertz CT molecular complexity index is 1100. The zero-order valence-electron chi connectivity index (χ0n) is 17.0. The average Bonchev–Trinajstić information content (AvgIpc) is 3.22. The van der Waals surface area contributed by atoms with Crippen LogP contribution in [0.2, 0.25) is 5.02 Å². The first-order valence-electron chi connectivity index (χ1n) is 9.78. The van der Waals surface area contributed by atoms with Crippen LogP contribution in [0.25, 0.3) is 0 Å². The standard InChI is InChI=1S/C21H23ClN4O4S/c1-2-26(17-7-4-3-5-8-17)14-6-13-23-20(27)21-24-19(25-30-21)15-31(28,29)18-11-9-16(22)10-12-18/h3-5,7-12H,2,6,13-15H2,1H3,(H,23,27). The number of nitrogens with one attached hydrogen (secondary N) is 1. The molecular weight excluding hydrogens is 440 g/mol. The number of hydrogen-bond donors (Lipinski definition) is 1. The molecule has 1 aromatic heterocycles. The molecule has 0 aliphatic rings. The number of nitrogens with zero attached hydrogens (tertiary/aromatic N) is 3. The zero-order valence-corrected chi connectivity index (χ0v) is 18.6. The Hall–Kier alpha value is -2.91. The molecule has 0 saturated carbocycles. The van der Waals surface area contributed by atoms with Crippen LogP contribution in [0, 0.1) is 0 Å². The van der Waals surface area contributed by atoms with E-state index in [0.717, 1.165) is 25.2 Å². The van der Waals surface area contributed by atoms with Gasteiger partial charge in [-0.1, -0.05) is 35.0 Å². The van der Waals surface area contributed by atoms with Crippen LogP contribution in [0.5, 0.6) is 0 Å². The topological polar surface area (TPSA) is 105 Å². The number of carbonyl (C=O) groups excluding carboxylic acids is 1. The fraction of sp³-hybridized carbons (Fsp3) is 0.286. The SMILES string of the molecule is CCN(CCCNC(=O)c1nc(CS(=O)(=O)c2ccc(Cl)cc2)no1)c1ccccc1. The monoisotopic (exact) mass is 462 g/mol. The molecule has 1 N–H and O–H groups in total. The Labute approximate surface area is 186 Å². The van der Waals surface area contributed by atoms with Crippen molar-refractivity contribution in [3.63, 3.8) is 0 Å². The molecule has 164 valence electrons. The Morgan fingerprint density at radius 3 is 2.52 bits per heavy atom. The number of aromatic nitrogens is 2. The molecule has 0 aliphatic heterocycles. The molecule has 0 unspecified atom stereocenters. The maximum Gasteiger partial charge on any atom is 0.315 e. The summed E-state index contributed by atoms with van der Waals surface area (Å²) in [6, 6.07) is 15.8. The Balaban J connectivity index is 1.50. The molecule has 0 atom stereocenters. The Morgan fingerprint density at radius 1 is 1.13 bits per heavy atom. The van der Waals surface area contributed by atoms with Gasteiger partial charge in [0.2, 0.25) is 0 Å². The average molecular weight is 463 g/mol. The number of para-hydroxylation sites is 1. The fourth-order valence-corrected chi connectivity index (χ4v) is 4.26. The van der Waals surface area contributed by atoms with E-state index in [1.165, 1.54) is 24.3 Å². The molecule has 2 aromatic carbocycles. The molecule has 3 rings (SSSR count). The minimum absolute atomic E-state index is 0.0821. The molecule has 0 saturated heterocycles. The van der Waals surface area contributed by atoms with E-state index < -0.39 is 21.5 Å². The van der Waals surface area contributed by atoms with E-state index in [4.69, 9.17) is 16.1 Å². The highest BCUT2D eigenvalue weighted by molar-refractivity contribution is 7.90. The van der Waals surface area contributed by atoms with Crippen molar-refractivity contribution < 1.29 is 17.7 Å². The van der Waals surface area contributed by atoms with Crippen molar-refractivity contribution in [1.29, 1.82) is 0 Å². The normalized spacial score (nSPS) is 11.3. The summed E-state index contributed by atoms with van der Waals surface area (Å²) in [5, 5.41) is 6.77. The van der Waals surface area contributed by atoms with E-state index in [1.54, 1.807) is 0 Å². The summed E-state index contributed by atoms with van der Waals surface area (Å²) < 4.78 is 29.8. The summed E-state index contributed by atoms with van der Waals surface area (Å²) in [7, 11) is -3.68. The number of rotatable bonds is 10. The van der Waals surface area contributed by atoms with Gasteiger partial charge in [-0.05, 0) is 49.7 Å². The first-order valence-corrected chi connectivity index (χ1v) is 11.8. The van der Waals surface area contributed by atoms with Crippen LogP contribution in [-0.2, 0) is 15.6 Å². The highest BCUT2D eigenvalue weighted by atomic mass is 35.5. The van der Waals surface area contributed by atoms with E-state index in [0.29, 0.717) is 11.6 Å². The summed E-state index contributed by atoms with van der Waals surface area (Å²) in [5.74, 6) is -1.36. The number of carbonyl (C=O) groups is 1. The van der Waals surface area contributed by atoms with E-state index >= 15 is 0 Å². The van der Waals surface area contributed by atoms with Crippen LogP contribution in [0.4, 0.5) is 5.69 Å². The third kappa shape index (κ3) is 6.28. The summed E-state index contributed by atoms with van der Waals surface area (Å²) in [6.07, 6.45) is 0.723. The zero-order chi connectivity index (χ0) is 22.3. The molecular formula is C21H23ClN4O4S. The Morgan fingerprint density at radius 2 is 1.84 bits per heavy atom. The second-order valence-corrected chi connectivity index (χ2v) is 9.18. The van der Waals surface area contributed by atoms with Gasteiger partial charge in [0.05, 0.1) is 4.90 Å². The van der Waals surface area contributed by atoms with Crippen LogP contribution in [0.1, 0.15) is 29.9 Å². The number of benzene rings is 2. The second-order valence-electron chi connectivity index (χ2n) is 6.75. The highest BCUT2D eigenvalue weighted by Crippen LogP contribution is 2.18. The van der Waals surface area contributed by atoms with Gasteiger partial charge in [-0.2, -0.15) is 4.98 Å². The van der Waals surface area contributed by atoms with Gasteiger partial charge in [0.25, 0.3) is 0 Å². The van der Waals surface area contributed by atoms with Crippen LogP contribution in [0.15, 0.2) is 64.0 Å². The largest absolute Gasteiger partial charge is 0.372 e. The lowest BCUT2D eigenvalue weighted by atomic mass is 10.2. The number of halogens is 1. The van der Waals surface area contributed by atoms with Crippen LogP contribution >= 0.6 is 11.6 Å². The molecule has 1 amide bonds. The molecule has 0 fully saturated rings. The van der Waals surface area contributed by atoms with Crippen molar-refractivity contribution in [1.82, 2.24) is 15.5 Å². The van der Waals surface area contributed by atoms with Crippen molar-refractivity contribution >= 4 is 33.0 Å². The van der Waals surface area contributed by atoms with Gasteiger partial charge < -0.3 is 14.7 Å². The van der Waals surface area contributed by atoms with Crippen molar-refractivity contribution in [3.8, 4) is 0 Å². The van der Waals surface area contributed by atoms with Crippen LogP contribution < -0.4 is 10.2 Å². The lowest BCUT2D eigenvalue weighted by Gasteiger charge is -2.22. The van der Waals surface area contributed by atoms with Crippen molar-refractivity contribution in [2.24, 2.45) is 0 Å². The maximum absolute atomic E-state index is 12.4. The minimum Gasteiger partial charge on any atom is -0.372 e. The van der Waals surface area contributed by atoms with Gasteiger partial charge in [0.1, 0.15) is 5.75 Å². The first kappa shape index (κ1) is 22.8. The molecule has 0 radical (unpaired) electrons. The molecule has 0 aliphatic carbocycles. The molecule has 8 nitrogen and oxygen atoms in total. The third-order valence-corrected chi connectivity index (χ3v) is 6.43. The number of anilines is 1. The molecule has 0 spiro atoms. The van der Waals surface area contributed by atoms with E-state index in [1.807, 2.05) is 30.3 Å². The molecule has 10 heteroatoms. The fourth-order valence-electron chi connectivity index (χ4n) is 2.96. The van der Waals surface area contributed by atoms with Gasteiger partial charge in [0.15, 0.2) is 15.7 Å². The summed E-state index contributed by atoms with van der Waals surface area (Å²) in [5.41, 5.74) is 1.12. The quantitative estimate of drug-likeness (QED) is 0.460. The molecule has 0 bridgehead atoms. The first-order chi connectivity index (χ1) is 14.9. The van der Waals surface area contributed by atoms with Gasteiger partial charge in [-0.15, -0.1) is 0 Å². The van der Waals surface area contributed by atoms with Crippen molar-refractivity contribution in [3.05, 3.63) is 71.3 Å². The van der Waals surface area contributed by atoms with Gasteiger partial charge in [-0.25, -0.2) is 8.42 Å². The lowest BCUT2D eigenvalue weighted by molar-refractivity contribution is 0.0909. The number of sulfone groups is 1. The molecule has 1 heterocycles. The predicted molar refractivity (Wildman–Crippen MR) is 118 cm³/mol. The van der Waals surface area contributed by atoms with E-state index in [-0.39, 0.29) is 16.6 Å². The molecule has 31 heavy (non-hydrogen) atoms. The van der Waals surface area contributed by atoms with Gasteiger partial charge in [0, 0.05) is 30.3 Å². The lowest BCUT2D eigenvalue weighted by Crippen LogP contribution is -2.30. The van der Waals surface area contributed by atoms with Crippen molar-refractivity contribution in [2.45, 2.75) is 24.0 Å². The summed E-state index contributed by atoms with van der Waals surface area (Å²) >= 11 is 5.79. The van der Waals surface area contributed by atoms with Crippen LogP contribution in [0.3, 0.4) is 0 Å². The highest BCUT2D eigenvalue weighted by Gasteiger charge is 2.21. The van der Waals surface area contributed by atoms with E-state index in [9.17, 15) is 13.2 Å².